The highest BCUT2D eigenvalue weighted by Gasteiger charge is 2.29. The van der Waals surface area contributed by atoms with Crippen LogP contribution in [0.5, 0.6) is 17.2 Å². The fourth-order valence-electron chi connectivity index (χ4n) is 11.1. The van der Waals surface area contributed by atoms with E-state index in [-0.39, 0.29) is 0 Å². The predicted octanol–water partition coefficient (Wildman–Crippen LogP) is 22.0. The molecule has 0 aliphatic rings. The zero-order valence-electron chi connectivity index (χ0n) is 48.0. The van der Waals surface area contributed by atoms with Crippen molar-refractivity contribution in [1.29, 1.82) is 0 Å². The Bertz CT molecular complexity index is 1560. The van der Waals surface area contributed by atoms with E-state index in [4.69, 9.17) is 13.6 Å². The van der Waals surface area contributed by atoms with Gasteiger partial charge in [-0.25, -0.2) is 0 Å². The van der Waals surface area contributed by atoms with Crippen LogP contribution in [-0.4, -0.2) is 0 Å². The third kappa shape index (κ3) is 21.9. The van der Waals surface area contributed by atoms with E-state index in [1.165, 1.54) is 187 Å². The molecule has 3 nitrogen and oxygen atoms in total. The number of unbranched alkanes of at least 4 members (excludes halogenated alkanes) is 6. The van der Waals surface area contributed by atoms with E-state index in [1.807, 2.05) is 0 Å². The second-order valence-corrected chi connectivity index (χ2v) is 22.9. The molecule has 6 unspecified atom stereocenters. The SMILES string of the molecule is CCCCC(CC)Cc1cccc(OP(Oc2cccc(CC(CC)CCCC)c2CC(CC)CCCC)Oc2cccc(CC(CC)CCCC)c2CC(CC)CCCC)c1CC(CC)CCCC. The Morgan fingerprint density at radius 3 is 0.714 bits per heavy atom. The summed E-state index contributed by atoms with van der Waals surface area (Å²) in [6, 6.07) is 20.8. The topological polar surface area (TPSA) is 27.7 Å². The standard InChI is InChI=1S/C66H111O3P/c1-13-25-34-52(19-7)46-58-40-31-43-64(61(58)49-55(22-10)37-28-16-4)67-70(68-65-44-32-41-59(47-53(20-8)35-26-14-2)62(65)50-56(23-11)38-29-17-5)69-66-45-33-42-60(48-54(21-9)36-27-15-3)63(66)51-57(24-12)39-30-18-6/h31-33,40-45,52-57H,13-30,34-39,46-51H2,1-12H3. The summed E-state index contributed by atoms with van der Waals surface area (Å²) in [5.41, 5.74) is 8.58. The average molecular weight is 984 g/mol. The third-order valence-corrected chi connectivity index (χ3v) is 17.5. The van der Waals surface area contributed by atoms with Crippen molar-refractivity contribution in [2.45, 2.75) is 276 Å². The molecule has 0 amide bonds. The quantitative estimate of drug-likeness (QED) is 0.0530. The minimum atomic E-state index is -1.90. The van der Waals surface area contributed by atoms with Crippen LogP contribution < -0.4 is 13.6 Å². The van der Waals surface area contributed by atoms with Crippen LogP contribution in [0.3, 0.4) is 0 Å². The maximum absolute atomic E-state index is 7.55. The summed E-state index contributed by atoms with van der Waals surface area (Å²) < 4.78 is 22.7. The molecule has 0 fully saturated rings. The van der Waals surface area contributed by atoms with Crippen LogP contribution in [0.2, 0.25) is 0 Å². The molecular weight excluding hydrogens is 872 g/mol. The summed E-state index contributed by atoms with van der Waals surface area (Å²) in [5.74, 6) is 6.75. The molecule has 3 aromatic carbocycles. The fourth-order valence-corrected chi connectivity index (χ4v) is 12.2. The summed E-state index contributed by atoms with van der Waals surface area (Å²) in [6.07, 6.45) is 36.3. The molecule has 0 heterocycles. The molecule has 0 radical (unpaired) electrons. The van der Waals surface area contributed by atoms with Crippen LogP contribution >= 0.6 is 8.60 Å². The van der Waals surface area contributed by atoms with Gasteiger partial charge in [0.2, 0.25) is 0 Å². The predicted molar refractivity (Wildman–Crippen MR) is 310 cm³/mol. The summed E-state index contributed by atoms with van der Waals surface area (Å²) in [7, 11) is -1.90. The molecule has 6 atom stereocenters. The van der Waals surface area contributed by atoms with Crippen LogP contribution in [-0.2, 0) is 38.5 Å². The minimum Gasteiger partial charge on any atom is -0.408 e. The molecule has 0 aliphatic heterocycles. The first-order chi connectivity index (χ1) is 34.2. The summed E-state index contributed by atoms with van der Waals surface area (Å²) in [5, 5.41) is 0. The summed E-state index contributed by atoms with van der Waals surface area (Å²) in [4.78, 5) is 0. The van der Waals surface area contributed by atoms with Crippen LogP contribution in [0, 0.1) is 35.5 Å². The molecule has 3 aromatic rings. The van der Waals surface area contributed by atoms with E-state index in [9.17, 15) is 0 Å². The number of benzene rings is 3. The van der Waals surface area contributed by atoms with Crippen LogP contribution in [0.1, 0.15) is 271 Å². The van der Waals surface area contributed by atoms with Gasteiger partial charge in [0.05, 0.1) is 0 Å². The van der Waals surface area contributed by atoms with Crippen LogP contribution in [0.4, 0.5) is 0 Å². The van der Waals surface area contributed by atoms with E-state index >= 15 is 0 Å². The van der Waals surface area contributed by atoms with Gasteiger partial charge in [-0.15, -0.1) is 0 Å². The van der Waals surface area contributed by atoms with Gasteiger partial charge in [-0.2, -0.15) is 0 Å². The lowest BCUT2D eigenvalue weighted by molar-refractivity contribution is 0.370. The highest BCUT2D eigenvalue weighted by Crippen LogP contribution is 2.48. The van der Waals surface area contributed by atoms with Crippen LogP contribution in [0.15, 0.2) is 54.6 Å². The molecule has 398 valence electrons. The molecule has 0 saturated carbocycles. The molecule has 3 rings (SSSR count). The Kier molecular flexibility index (Phi) is 32.9. The second-order valence-electron chi connectivity index (χ2n) is 21.9. The molecule has 0 aromatic heterocycles. The molecule has 70 heavy (non-hydrogen) atoms. The first-order valence-corrected chi connectivity index (χ1v) is 31.4. The van der Waals surface area contributed by atoms with Gasteiger partial charge < -0.3 is 13.6 Å². The normalized spacial score (nSPS) is 14.7. The van der Waals surface area contributed by atoms with Crippen molar-refractivity contribution in [1.82, 2.24) is 0 Å². The van der Waals surface area contributed by atoms with Crippen molar-refractivity contribution in [2.75, 3.05) is 0 Å². The Morgan fingerprint density at radius 1 is 0.300 bits per heavy atom. The first kappa shape index (κ1) is 61.8. The Balaban J connectivity index is 2.37. The van der Waals surface area contributed by atoms with Gasteiger partial charge in [-0.05, 0) is 126 Å². The first-order valence-electron chi connectivity index (χ1n) is 30.3. The van der Waals surface area contributed by atoms with Gasteiger partial charge in [0, 0.05) is 0 Å². The Hall–Kier alpha value is -2.51. The molecule has 4 heteroatoms. The van der Waals surface area contributed by atoms with Gasteiger partial charge in [0.1, 0.15) is 17.2 Å². The van der Waals surface area contributed by atoms with E-state index in [0.717, 1.165) is 55.8 Å². The lowest BCUT2D eigenvalue weighted by Crippen LogP contribution is -2.14. The Morgan fingerprint density at radius 2 is 0.514 bits per heavy atom. The van der Waals surface area contributed by atoms with Crippen molar-refractivity contribution < 1.29 is 13.6 Å². The van der Waals surface area contributed by atoms with Crippen LogP contribution in [0.25, 0.3) is 0 Å². The highest BCUT2D eigenvalue weighted by atomic mass is 31.2. The van der Waals surface area contributed by atoms with Crippen molar-refractivity contribution in [3.63, 3.8) is 0 Å². The maximum atomic E-state index is 7.55. The van der Waals surface area contributed by atoms with Gasteiger partial charge in [0.15, 0.2) is 0 Å². The van der Waals surface area contributed by atoms with E-state index in [2.05, 4.69) is 138 Å². The average Bonchev–Trinajstić information content (AvgIpc) is 3.38. The summed E-state index contributed by atoms with van der Waals surface area (Å²) >= 11 is 0. The van der Waals surface area contributed by atoms with E-state index in [1.54, 1.807) is 0 Å². The van der Waals surface area contributed by atoms with Crippen molar-refractivity contribution in [3.8, 4) is 17.2 Å². The lowest BCUT2D eigenvalue weighted by atomic mass is 9.85. The molecular formula is C66H111O3P. The van der Waals surface area contributed by atoms with Gasteiger partial charge >= 0.3 is 8.60 Å². The van der Waals surface area contributed by atoms with Gasteiger partial charge in [-0.1, -0.05) is 274 Å². The largest absolute Gasteiger partial charge is 0.530 e. The maximum Gasteiger partial charge on any atom is 0.530 e. The van der Waals surface area contributed by atoms with E-state index < -0.39 is 8.60 Å². The Labute approximate surface area is 436 Å². The number of rotatable bonds is 42. The highest BCUT2D eigenvalue weighted by molar-refractivity contribution is 7.43. The smallest absolute Gasteiger partial charge is 0.408 e. The zero-order valence-corrected chi connectivity index (χ0v) is 48.9. The summed E-state index contributed by atoms with van der Waals surface area (Å²) in [6.45, 7) is 28.4. The number of hydrogen-bond acceptors (Lipinski definition) is 3. The molecule has 0 N–H and O–H groups in total. The van der Waals surface area contributed by atoms with Crippen molar-refractivity contribution in [2.24, 2.45) is 35.5 Å². The molecule has 0 aliphatic carbocycles. The lowest BCUT2D eigenvalue weighted by Gasteiger charge is -2.27. The molecule has 0 bridgehead atoms. The second kappa shape index (κ2) is 37.3. The number of hydrogen-bond donors (Lipinski definition) is 0. The van der Waals surface area contributed by atoms with Gasteiger partial charge in [0.25, 0.3) is 0 Å². The zero-order chi connectivity index (χ0) is 50.9. The monoisotopic (exact) mass is 983 g/mol. The molecule has 0 spiro atoms. The van der Waals surface area contributed by atoms with Crippen molar-refractivity contribution in [3.05, 3.63) is 88.0 Å². The fraction of sp³-hybridized carbons (Fsp3) is 0.727. The van der Waals surface area contributed by atoms with Gasteiger partial charge in [-0.3, -0.25) is 0 Å². The molecule has 0 saturated heterocycles. The van der Waals surface area contributed by atoms with E-state index in [0.29, 0.717) is 35.5 Å². The third-order valence-electron chi connectivity index (χ3n) is 16.5. The van der Waals surface area contributed by atoms with Crippen molar-refractivity contribution >= 4 is 8.60 Å². The minimum absolute atomic E-state index is 0.612.